The van der Waals surface area contributed by atoms with Crippen molar-refractivity contribution >= 4 is 10.9 Å². The lowest BCUT2D eigenvalue weighted by molar-refractivity contribution is 0.475. The van der Waals surface area contributed by atoms with Crippen LogP contribution in [0.5, 0.6) is 5.75 Å². The smallest absolute Gasteiger partial charge is 0.115 e. The largest absolute Gasteiger partial charge is 0.508 e. The number of hydrogen-bond acceptors (Lipinski definition) is 2. The Morgan fingerprint density at radius 2 is 1.75 bits per heavy atom. The summed E-state index contributed by atoms with van der Waals surface area (Å²) in [5.41, 5.74) is 3.71. The van der Waals surface area contributed by atoms with E-state index >= 15 is 0 Å². The predicted molar refractivity (Wildman–Crippen MR) is 81.9 cm³/mol. The molecule has 0 amide bonds. The van der Waals surface area contributed by atoms with Crippen LogP contribution in [-0.2, 0) is 13.1 Å². The van der Waals surface area contributed by atoms with Gasteiger partial charge in [-0.2, -0.15) is 0 Å². The Kier molecular flexibility index (Phi) is 3.44. The number of aromatic nitrogens is 1. The van der Waals surface area contributed by atoms with Crippen molar-refractivity contribution in [3.8, 4) is 5.75 Å². The third-order valence-electron chi connectivity index (χ3n) is 3.51. The van der Waals surface area contributed by atoms with Crippen LogP contribution in [0.1, 0.15) is 11.1 Å². The quantitative estimate of drug-likeness (QED) is 0.761. The molecule has 0 aliphatic heterocycles. The predicted octanol–water partition coefficient (Wildman–Crippen LogP) is 3.11. The molecule has 3 aromatic rings. The third kappa shape index (κ3) is 2.53. The Bertz CT molecular complexity index is 713. The fraction of sp³-hybridized carbons (Fsp3) is 0.176. The summed E-state index contributed by atoms with van der Waals surface area (Å²) in [7, 11) is 1.96. The van der Waals surface area contributed by atoms with E-state index in [1.165, 1.54) is 22.0 Å². The number of fused-ring (bicyclic) bond motifs is 1. The zero-order valence-corrected chi connectivity index (χ0v) is 11.5. The highest BCUT2D eigenvalue weighted by Gasteiger charge is 2.03. The van der Waals surface area contributed by atoms with Gasteiger partial charge in [-0.1, -0.05) is 18.2 Å². The Balaban J connectivity index is 1.90. The molecule has 102 valence electrons. The average molecular weight is 266 g/mol. The third-order valence-corrected chi connectivity index (χ3v) is 3.51. The van der Waals surface area contributed by atoms with Crippen LogP contribution in [0.3, 0.4) is 0 Å². The van der Waals surface area contributed by atoms with Gasteiger partial charge in [0.15, 0.2) is 0 Å². The first-order chi connectivity index (χ1) is 9.76. The lowest BCUT2D eigenvalue weighted by Gasteiger charge is -2.07. The van der Waals surface area contributed by atoms with Crippen LogP contribution in [0.25, 0.3) is 10.9 Å². The molecular weight excluding hydrogens is 248 g/mol. The summed E-state index contributed by atoms with van der Waals surface area (Å²) in [6.07, 6.45) is 2.11. The summed E-state index contributed by atoms with van der Waals surface area (Å²) in [6.45, 7) is 1.70. The number of aromatic hydroxyl groups is 1. The zero-order valence-electron chi connectivity index (χ0n) is 11.5. The van der Waals surface area contributed by atoms with Gasteiger partial charge in [-0.25, -0.2) is 0 Å². The normalized spacial score (nSPS) is 11.1. The molecule has 1 aromatic heterocycles. The molecule has 0 fully saturated rings. The molecule has 1 heterocycles. The van der Waals surface area contributed by atoms with Crippen LogP contribution in [-0.4, -0.2) is 16.7 Å². The minimum atomic E-state index is 0.308. The second-order valence-corrected chi connectivity index (χ2v) is 5.03. The van der Waals surface area contributed by atoms with E-state index in [-0.39, 0.29) is 0 Å². The van der Waals surface area contributed by atoms with Crippen LogP contribution < -0.4 is 5.32 Å². The maximum absolute atomic E-state index is 9.32. The van der Waals surface area contributed by atoms with Crippen molar-refractivity contribution < 1.29 is 5.11 Å². The molecule has 0 saturated heterocycles. The van der Waals surface area contributed by atoms with Crippen LogP contribution in [0, 0.1) is 0 Å². The van der Waals surface area contributed by atoms with Gasteiger partial charge >= 0.3 is 0 Å². The number of nitrogens with one attached hydrogen (secondary N) is 1. The van der Waals surface area contributed by atoms with Crippen LogP contribution in [0.2, 0.25) is 0 Å². The molecule has 3 rings (SSSR count). The Labute approximate surface area is 118 Å². The van der Waals surface area contributed by atoms with E-state index in [9.17, 15) is 5.11 Å². The Hall–Kier alpha value is -2.26. The summed E-state index contributed by atoms with van der Waals surface area (Å²) in [4.78, 5) is 0. The zero-order chi connectivity index (χ0) is 13.9. The second-order valence-electron chi connectivity index (χ2n) is 5.03. The molecule has 0 bridgehead atoms. The van der Waals surface area contributed by atoms with Gasteiger partial charge in [-0.05, 0) is 53.9 Å². The molecule has 0 aliphatic carbocycles. The highest BCUT2D eigenvalue weighted by atomic mass is 16.3. The van der Waals surface area contributed by atoms with E-state index in [1.54, 1.807) is 12.1 Å². The van der Waals surface area contributed by atoms with E-state index in [4.69, 9.17) is 0 Å². The van der Waals surface area contributed by atoms with E-state index in [0.717, 1.165) is 13.1 Å². The van der Waals surface area contributed by atoms with Crippen molar-refractivity contribution in [1.29, 1.82) is 0 Å². The Morgan fingerprint density at radius 3 is 2.50 bits per heavy atom. The Morgan fingerprint density at radius 1 is 1.00 bits per heavy atom. The van der Waals surface area contributed by atoms with Gasteiger partial charge in [-0.15, -0.1) is 0 Å². The molecule has 3 heteroatoms. The fourth-order valence-electron chi connectivity index (χ4n) is 2.50. The first kappa shape index (κ1) is 12.8. The van der Waals surface area contributed by atoms with Crippen molar-refractivity contribution in [2.24, 2.45) is 0 Å². The average Bonchev–Trinajstić information content (AvgIpc) is 2.84. The standard InChI is InChI=1S/C17H18N2O/c1-18-11-14-4-7-17-15(10-14)8-9-19(17)12-13-2-5-16(20)6-3-13/h2-10,18,20H,11-12H2,1H3. The summed E-state index contributed by atoms with van der Waals surface area (Å²) < 4.78 is 2.23. The highest BCUT2D eigenvalue weighted by molar-refractivity contribution is 5.81. The number of nitrogens with zero attached hydrogens (tertiary/aromatic N) is 1. The summed E-state index contributed by atoms with van der Waals surface area (Å²) in [6, 6.07) is 16.1. The number of benzene rings is 2. The molecule has 20 heavy (non-hydrogen) atoms. The van der Waals surface area contributed by atoms with Gasteiger partial charge in [0.25, 0.3) is 0 Å². The molecular formula is C17H18N2O. The molecule has 3 nitrogen and oxygen atoms in total. The molecule has 2 N–H and O–H groups in total. The lowest BCUT2D eigenvalue weighted by atomic mass is 10.1. The SMILES string of the molecule is CNCc1ccc2c(ccn2Cc2ccc(O)cc2)c1. The first-order valence-electron chi connectivity index (χ1n) is 6.76. The number of phenols is 1. The van der Waals surface area contributed by atoms with Crippen molar-refractivity contribution in [3.63, 3.8) is 0 Å². The maximum Gasteiger partial charge on any atom is 0.115 e. The van der Waals surface area contributed by atoms with Crippen molar-refractivity contribution in [2.45, 2.75) is 13.1 Å². The van der Waals surface area contributed by atoms with Crippen molar-refractivity contribution in [1.82, 2.24) is 9.88 Å². The van der Waals surface area contributed by atoms with Crippen LogP contribution in [0.15, 0.2) is 54.7 Å². The summed E-state index contributed by atoms with van der Waals surface area (Å²) >= 11 is 0. The molecule has 0 saturated carbocycles. The number of hydrogen-bond donors (Lipinski definition) is 2. The number of rotatable bonds is 4. The van der Waals surface area contributed by atoms with E-state index in [2.05, 4.69) is 40.3 Å². The molecule has 0 spiro atoms. The van der Waals surface area contributed by atoms with Gasteiger partial charge < -0.3 is 15.0 Å². The minimum Gasteiger partial charge on any atom is -0.508 e. The van der Waals surface area contributed by atoms with Gasteiger partial charge in [0.1, 0.15) is 5.75 Å². The molecule has 0 radical (unpaired) electrons. The summed E-state index contributed by atoms with van der Waals surface area (Å²) in [5.74, 6) is 0.308. The topological polar surface area (TPSA) is 37.2 Å². The van der Waals surface area contributed by atoms with Gasteiger partial charge in [-0.3, -0.25) is 0 Å². The van der Waals surface area contributed by atoms with Gasteiger partial charge in [0.2, 0.25) is 0 Å². The second kappa shape index (κ2) is 5.39. The van der Waals surface area contributed by atoms with Crippen molar-refractivity contribution in [2.75, 3.05) is 7.05 Å². The van der Waals surface area contributed by atoms with E-state index in [0.29, 0.717) is 5.75 Å². The molecule has 0 unspecified atom stereocenters. The lowest BCUT2D eigenvalue weighted by Crippen LogP contribution is -2.04. The monoisotopic (exact) mass is 266 g/mol. The van der Waals surface area contributed by atoms with E-state index in [1.807, 2.05) is 19.2 Å². The highest BCUT2D eigenvalue weighted by Crippen LogP contribution is 2.20. The van der Waals surface area contributed by atoms with E-state index < -0.39 is 0 Å². The number of phenolic OH excluding ortho intramolecular Hbond substituents is 1. The van der Waals surface area contributed by atoms with Crippen molar-refractivity contribution in [3.05, 3.63) is 65.9 Å². The van der Waals surface area contributed by atoms with Gasteiger partial charge in [0, 0.05) is 24.8 Å². The first-order valence-corrected chi connectivity index (χ1v) is 6.76. The van der Waals surface area contributed by atoms with Gasteiger partial charge in [0.05, 0.1) is 0 Å². The maximum atomic E-state index is 9.32. The molecule has 0 aliphatic rings. The van der Waals surface area contributed by atoms with Crippen LogP contribution >= 0.6 is 0 Å². The minimum absolute atomic E-state index is 0.308. The molecule has 2 aromatic carbocycles. The molecule has 0 atom stereocenters. The fourth-order valence-corrected chi connectivity index (χ4v) is 2.50. The van der Waals surface area contributed by atoms with Crippen LogP contribution in [0.4, 0.5) is 0 Å². The summed E-state index contributed by atoms with van der Waals surface area (Å²) in [5, 5.41) is 13.8.